The molecule has 1 rings (SSSR count). The first-order chi connectivity index (χ1) is 17.0. The van der Waals surface area contributed by atoms with Gasteiger partial charge in [-0.05, 0) is 73.5 Å². The number of unbranched alkanes of at least 4 members (excludes halogenated alkanes) is 4. The van der Waals surface area contributed by atoms with Crippen LogP contribution in [0.2, 0.25) is 0 Å². The van der Waals surface area contributed by atoms with E-state index in [1.807, 2.05) is 32.1 Å². The van der Waals surface area contributed by atoms with Gasteiger partial charge in [-0.1, -0.05) is 112 Å². The van der Waals surface area contributed by atoms with E-state index in [0.29, 0.717) is 11.3 Å². The summed E-state index contributed by atoms with van der Waals surface area (Å²) in [5, 5.41) is 0. The van der Waals surface area contributed by atoms with E-state index in [4.69, 9.17) is 9.53 Å². The minimum atomic E-state index is 0.500. The summed E-state index contributed by atoms with van der Waals surface area (Å²) in [7, 11) is 1.75. The number of hydrogen-bond acceptors (Lipinski definition) is 2. The highest BCUT2D eigenvalue weighted by molar-refractivity contribution is 5.74. The van der Waals surface area contributed by atoms with Crippen molar-refractivity contribution in [3.63, 3.8) is 0 Å². The first kappa shape index (κ1) is 38.4. The molecule has 0 bridgehead atoms. The average molecular weight is 501 g/mol. The van der Waals surface area contributed by atoms with Crippen LogP contribution in [-0.2, 0) is 4.79 Å². The van der Waals surface area contributed by atoms with Crippen LogP contribution in [0.5, 0.6) is 5.75 Å². The maximum absolute atomic E-state index is 8.81. The summed E-state index contributed by atoms with van der Waals surface area (Å²) in [6.07, 6.45) is 13.1. The Morgan fingerprint density at radius 3 is 1.89 bits per heavy atom. The fourth-order valence-electron chi connectivity index (χ4n) is 3.08. The lowest BCUT2D eigenvalue weighted by Crippen LogP contribution is -2.12. The molecule has 0 unspecified atom stereocenters. The average Bonchev–Trinajstić information content (AvgIpc) is 2.84. The van der Waals surface area contributed by atoms with Gasteiger partial charge in [0.05, 0.1) is 7.11 Å². The number of allylic oxidation sites excluding steroid dienone is 4. The monoisotopic (exact) mass is 500 g/mol. The maximum atomic E-state index is 8.81. The number of methoxy groups -OCH3 is 1. The normalized spacial score (nSPS) is 11.0. The van der Waals surface area contributed by atoms with Crippen molar-refractivity contribution in [2.45, 2.75) is 114 Å². The standard InChI is InChI=1S/C23H34O.C7H16.C2H4O.C2H6/c1-6-8-9-10-11-12-15-21(20(7-2)18-19(3)4)22-16-13-14-17-23(22)24-5;1-6(2)7(3,4)5;1-2-3;1-2/h6-7,13-14,16-17,19H,1-2,8-12,15,18H2,3-5H3;6H,1-5H3;2H,1H3;1-2H3/b21-20+;;;. The van der Waals surface area contributed by atoms with Crippen molar-refractivity contribution < 1.29 is 9.53 Å². The van der Waals surface area contributed by atoms with Crippen molar-refractivity contribution in [3.05, 3.63) is 60.7 Å². The molecule has 0 amide bonds. The van der Waals surface area contributed by atoms with Crippen LogP contribution in [0.1, 0.15) is 120 Å². The Hall–Kier alpha value is -2.09. The van der Waals surface area contributed by atoms with Gasteiger partial charge in [0.15, 0.2) is 0 Å². The van der Waals surface area contributed by atoms with Gasteiger partial charge in [0.2, 0.25) is 0 Å². The largest absolute Gasteiger partial charge is 0.496 e. The van der Waals surface area contributed by atoms with Crippen molar-refractivity contribution in [1.82, 2.24) is 0 Å². The van der Waals surface area contributed by atoms with E-state index in [0.717, 1.165) is 37.2 Å². The molecule has 2 nitrogen and oxygen atoms in total. The molecule has 0 N–H and O–H groups in total. The fraction of sp³-hybridized carbons (Fsp3) is 0.618. The third kappa shape index (κ3) is 20.1. The summed E-state index contributed by atoms with van der Waals surface area (Å²) in [5.41, 5.74) is 4.49. The second-order valence-corrected chi connectivity index (χ2v) is 10.5. The molecule has 1 aromatic carbocycles. The number of ether oxygens (including phenoxy) is 1. The Morgan fingerprint density at radius 2 is 1.47 bits per heavy atom. The van der Waals surface area contributed by atoms with Gasteiger partial charge in [-0.15, -0.1) is 6.58 Å². The number of aldehydes is 1. The van der Waals surface area contributed by atoms with Crippen LogP contribution in [-0.4, -0.2) is 13.4 Å². The SMILES string of the molecule is C=CCCCCCC/C(=C(/C=C)CC(C)C)c1ccccc1OC.CC.CC(C)C(C)(C)C.CC=O. The minimum absolute atomic E-state index is 0.500. The Morgan fingerprint density at radius 1 is 0.972 bits per heavy atom. The Bertz CT molecular complexity index is 702. The summed E-state index contributed by atoms with van der Waals surface area (Å²) in [4.78, 5) is 8.81. The van der Waals surface area contributed by atoms with Crippen LogP contribution in [0.4, 0.5) is 0 Å². The highest BCUT2D eigenvalue weighted by Gasteiger charge is 2.14. The summed E-state index contributed by atoms with van der Waals surface area (Å²) in [6, 6.07) is 8.36. The first-order valence-electron chi connectivity index (χ1n) is 14.0. The molecule has 0 radical (unpaired) electrons. The van der Waals surface area contributed by atoms with Gasteiger partial charge < -0.3 is 9.53 Å². The summed E-state index contributed by atoms with van der Waals surface area (Å²) >= 11 is 0. The number of carbonyl (C=O) groups is 1. The zero-order valence-corrected chi connectivity index (χ0v) is 25.9. The van der Waals surface area contributed by atoms with Gasteiger partial charge >= 0.3 is 0 Å². The van der Waals surface area contributed by atoms with Crippen molar-refractivity contribution in [3.8, 4) is 5.75 Å². The van der Waals surface area contributed by atoms with Gasteiger partial charge in [0, 0.05) is 5.56 Å². The van der Waals surface area contributed by atoms with Gasteiger partial charge in [0.1, 0.15) is 12.0 Å². The van der Waals surface area contributed by atoms with Crippen LogP contribution >= 0.6 is 0 Å². The molecule has 2 heteroatoms. The summed E-state index contributed by atoms with van der Waals surface area (Å²) < 4.78 is 5.61. The van der Waals surface area contributed by atoms with Gasteiger partial charge in [-0.3, -0.25) is 0 Å². The topological polar surface area (TPSA) is 26.3 Å². The molecule has 0 atom stereocenters. The molecule has 0 fully saturated rings. The lowest BCUT2D eigenvalue weighted by atomic mass is 9.84. The van der Waals surface area contributed by atoms with Crippen molar-refractivity contribution in [2.24, 2.45) is 17.3 Å². The molecule has 0 spiro atoms. The highest BCUT2D eigenvalue weighted by atomic mass is 16.5. The number of rotatable bonds is 12. The predicted octanol–water partition coefficient (Wildman–Crippen LogP) is 11.1. The fourth-order valence-corrected chi connectivity index (χ4v) is 3.08. The van der Waals surface area contributed by atoms with E-state index in [-0.39, 0.29) is 0 Å². The predicted molar refractivity (Wildman–Crippen MR) is 165 cm³/mol. The molecule has 0 aromatic heterocycles. The van der Waals surface area contributed by atoms with Gasteiger partial charge in [-0.25, -0.2) is 0 Å². The van der Waals surface area contributed by atoms with Crippen LogP contribution < -0.4 is 4.74 Å². The molecule has 36 heavy (non-hydrogen) atoms. The molecule has 0 aliphatic heterocycles. The van der Waals surface area contributed by atoms with Crippen molar-refractivity contribution >= 4 is 11.9 Å². The number of para-hydroxylation sites is 1. The molecule has 0 saturated heterocycles. The van der Waals surface area contributed by atoms with Crippen LogP contribution in [0.25, 0.3) is 5.57 Å². The first-order valence-corrected chi connectivity index (χ1v) is 14.0. The molecule has 1 aromatic rings. The zero-order valence-electron chi connectivity index (χ0n) is 25.9. The molecule has 0 aliphatic rings. The lowest BCUT2D eigenvalue weighted by Gasteiger charge is -2.22. The smallest absolute Gasteiger partial charge is 0.126 e. The molecule has 0 saturated carbocycles. The van der Waals surface area contributed by atoms with E-state index in [1.54, 1.807) is 7.11 Å². The van der Waals surface area contributed by atoms with Crippen molar-refractivity contribution in [2.75, 3.05) is 7.11 Å². The van der Waals surface area contributed by atoms with Gasteiger partial charge in [-0.2, -0.15) is 0 Å². The number of carbonyl (C=O) groups excluding carboxylic acids is 1. The van der Waals surface area contributed by atoms with Crippen molar-refractivity contribution in [1.29, 1.82) is 0 Å². The number of hydrogen-bond donors (Lipinski definition) is 0. The molecular formula is C34H60O2. The third-order valence-electron chi connectivity index (χ3n) is 6.01. The highest BCUT2D eigenvalue weighted by Crippen LogP contribution is 2.34. The second-order valence-electron chi connectivity index (χ2n) is 10.5. The number of benzene rings is 1. The van der Waals surface area contributed by atoms with Crippen LogP contribution in [0, 0.1) is 17.3 Å². The quantitative estimate of drug-likeness (QED) is 0.123. The Labute approximate surface area is 226 Å². The van der Waals surface area contributed by atoms with Crippen LogP contribution in [0.3, 0.4) is 0 Å². The van der Waals surface area contributed by atoms with E-state index >= 15 is 0 Å². The van der Waals surface area contributed by atoms with Crippen LogP contribution in [0.15, 0.2) is 55.1 Å². The lowest BCUT2D eigenvalue weighted by molar-refractivity contribution is -0.106. The Balaban J connectivity index is -0.000000758. The second kappa shape index (κ2) is 24.6. The molecule has 208 valence electrons. The van der Waals surface area contributed by atoms with E-state index in [1.165, 1.54) is 49.3 Å². The third-order valence-corrected chi connectivity index (χ3v) is 6.01. The van der Waals surface area contributed by atoms with E-state index in [2.05, 4.69) is 79.8 Å². The maximum Gasteiger partial charge on any atom is 0.126 e. The summed E-state index contributed by atoms with van der Waals surface area (Å²) in [6.45, 7) is 29.1. The minimum Gasteiger partial charge on any atom is -0.496 e. The molecular weight excluding hydrogens is 440 g/mol. The molecule has 0 aliphatic carbocycles. The van der Waals surface area contributed by atoms with E-state index in [9.17, 15) is 0 Å². The summed E-state index contributed by atoms with van der Waals surface area (Å²) in [5.74, 6) is 2.38. The Kier molecular flexibility index (Phi) is 26.3. The zero-order chi connectivity index (χ0) is 28.6. The van der Waals surface area contributed by atoms with E-state index < -0.39 is 0 Å². The van der Waals surface area contributed by atoms with Gasteiger partial charge in [0.25, 0.3) is 0 Å². The molecule has 0 heterocycles.